The van der Waals surface area contributed by atoms with Gasteiger partial charge in [-0.05, 0) is 37.3 Å². The average Bonchev–Trinajstić information content (AvgIpc) is 2.91. The van der Waals surface area contributed by atoms with Crippen LogP contribution in [0, 0.1) is 5.82 Å². The van der Waals surface area contributed by atoms with Gasteiger partial charge in [0.25, 0.3) is 0 Å². The van der Waals surface area contributed by atoms with Crippen LogP contribution in [0.1, 0.15) is 12.6 Å². The number of halogens is 1. The fourth-order valence-electron chi connectivity index (χ4n) is 2.66. The molecule has 2 aromatic rings. The van der Waals surface area contributed by atoms with E-state index in [1.807, 2.05) is 19.2 Å². The molecule has 0 radical (unpaired) electrons. The van der Waals surface area contributed by atoms with Crippen LogP contribution in [-0.4, -0.2) is 47.2 Å². The summed E-state index contributed by atoms with van der Waals surface area (Å²) >= 11 is 0. The van der Waals surface area contributed by atoms with Crippen LogP contribution in [0.2, 0.25) is 0 Å². The minimum atomic E-state index is -2.90. The van der Waals surface area contributed by atoms with Crippen molar-refractivity contribution in [1.29, 1.82) is 0 Å². The van der Waals surface area contributed by atoms with Gasteiger partial charge in [-0.15, -0.1) is 0 Å². The number of sulfone groups is 1. The summed E-state index contributed by atoms with van der Waals surface area (Å²) in [5.41, 5.74) is 1.66. The Kier molecular flexibility index (Phi) is 4.01. The zero-order valence-corrected chi connectivity index (χ0v) is 13.1. The molecule has 3 rings (SSSR count). The molecule has 0 saturated carbocycles. The van der Waals surface area contributed by atoms with Crippen LogP contribution in [0.25, 0.3) is 5.69 Å². The summed E-state index contributed by atoms with van der Waals surface area (Å²) in [6.45, 7) is 3.07. The van der Waals surface area contributed by atoms with E-state index in [9.17, 15) is 12.8 Å². The first kappa shape index (κ1) is 15.2. The topological polar surface area (TPSA) is 55.2 Å². The maximum atomic E-state index is 12.9. The zero-order chi connectivity index (χ0) is 15.7. The van der Waals surface area contributed by atoms with Crippen molar-refractivity contribution >= 4 is 9.84 Å². The van der Waals surface area contributed by atoms with E-state index in [1.165, 1.54) is 12.1 Å². The van der Waals surface area contributed by atoms with Crippen molar-refractivity contribution in [3.05, 3.63) is 48.0 Å². The van der Waals surface area contributed by atoms with Crippen molar-refractivity contribution in [2.45, 2.75) is 19.5 Å². The van der Waals surface area contributed by atoms with E-state index >= 15 is 0 Å². The van der Waals surface area contributed by atoms with Crippen LogP contribution in [0.15, 0.2) is 36.5 Å². The molecule has 118 valence electrons. The summed E-state index contributed by atoms with van der Waals surface area (Å²) in [5, 5.41) is 4.48. The molecule has 0 spiro atoms. The molecule has 22 heavy (non-hydrogen) atoms. The molecule has 1 atom stereocenters. The highest BCUT2D eigenvalue weighted by Crippen LogP contribution is 2.15. The van der Waals surface area contributed by atoms with Crippen molar-refractivity contribution in [2.75, 3.05) is 18.1 Å². The maximum absolute atomic E-state index is 12.9. The van der Waals surface area contributed by atoms with Gasteiger partial charge in [-0.3, -0.25) is 4.90 Å². The minimum absolute atomic E-state index is 0.00489. The van der Waals surface area contributed by atoms with Gasteiger partial charge in [0.05, 0.1) is 22.9 Å². The van der Waals surface area contributed by atoms with Gasteiger partial charge in [-0.1, -0.05) is 0 Å². The molecule has 0 unspecified atom stereocenters. The molecular weight excluding hydrogens is 305 g/mol. The molecule has 1 aliphatic rings. The zero-order valence-electron chi connectivity index (χ0n) is 12.3. The molecule has 1 aromatic heterocycles. The predicted octanol–water partition coefficient (Wildman–Crippen LogP) is 1.63. The second-order valence-electron chi connectivity index (χ2n) is 5.66. The van der Waals surface area contributed by atoms with Gasteiger partial charge < -0.3 is 0 Å². The third-order valence-electron chi connectivity index (χ3n) is 3.91. The lowest BCUT2D eigenvalue weighted by atomic mass is 10.3. The molecule has 1 aliphatic heterocycles. The van der Waals surface area contributed by atoms with Crippen molar-refractivity contribution in [1.82, 2.24) is 14.7 Å². The van der Waals surface area contributed by atoms with E-state index in [4.69, 9.17) is 0 Å². The second-order valence-corrected chi connectivity index (χ2v) is 7.89. The Morgan fingerprint density at radius 1 is 1.27 bits per heavy atom. The summed E-state index contributed by atoms with van der Waals surface area (Å²) < 4.78 is 37.8. The summed E-state index contributed by atoms with van der Waals surface area (Å²) in [5.74, 6) is 0.126. The Morgan fingerprint density at radius 2 is 2.00 bits per heavy atom. The lowest BCUT2D eigenvalue weighted by Gasteiger charge is -2.32. The quantitative estimate of drug-likeness (QED) is 0.861. The Labute approximate surface area is 129 Å². The Hall–Kier alpha value is -1.73. The molecule has 2 heterocycles. The highest BCUT2D eigenvalue weighted by Gasteiger charge is 2.28. The van der Waals surface area contributed by atoms with E-state index < -0.39 is 9.84 Å². The van der Waals surface area contributed by atoms with Gasteiger partial charge in [-0.2, -0.15) is 5.10 Å². The second kappa shape index (κ2) is 5.81. The number of nitrogens with zero attached hydrogens (tertiary/aromatic N) is 3. The number of rotatable bonds is 3. The summed E-state index contributed by atoms with van der Waals surface area (Å²) in [6, 6.07) is 8.03. The highest BCUT2D eigenvalue weighted by molar-refractivity contribution is 7.91. The SMILES string of the molecule is C[C@@H]1CS(=O)(=O)CCN1Cc1ccn(-c2ccc(F)cc2)n1. The molecule has 0 N–H and O–H groups in total. The first-order valence-electron chi connectivity index (χ1n) is 7.18. The van der Waals surface area contributed by atoms with Crippen molar-refractivity contribution in [3.8, 4) is 5.69 Å². The first-order valence-corrected chi connectivity index (χ1v) is 9.00. The van der Waals surface area contributed by atoms with E-state index in [0.29, 0.717) is 13.1 Å². The largest absolute Gasteiger partial charge is 0.293 e. The van der Waals surface area contributed by atoms with Gasteiger partial charge in [0.15, 0.2) is 9.84 Å². The van der Waals surface area contributed by atoms with Crippen molar-refractivity contribution in [2.24, 2.45) is 0 Å². The molecule has 5 nitrogen and oxygen atoms in total. The van der Waals surface area contributed by atoms with Crippen molar-refractivity contribution < 1.29 is 12.8 Å². The Morgan fingerprint density at radius 3 is 2.68 bits per heavy atom. The van der Waals surface area contributed by atoms with Gasteiger partial charge >= 0.3 is 0 Å². The van der Waals surface area contributed by atoms with E-state index in [1.54, 1.807) is 16.8 Å². The third kappa shape index (κ3) is 3.36. The molecular formula is C15H18FN3O2S. The molecule has 0 bridgehead atoms. The predicted molar refractivity (Wildman–Crippen MR) is 82.0 cm³/mol. The number of benzene rings is 1. The van der Waals surface area contributed by atoms with Crippen LogP contribution in [-0.2, 0) is 16.4 Å². The van der Waals surface area contributed by atoms with E-state index in [0.717, 1.165) is 11.4 Å². The molecule has 0 aliphatic carbocycles. The van der Waals surface area contributed by atoms with Crippen LogP contribution >= 0.6 is 0 Å². The lowest BCUT2D eigenvalue weighted by molar-refractivity contribution is 0.215. The van der Waals surface area contributed by atoms with Gasteiger partial charge in [0, 0.05) is 25.3 Å². The van der Waals surface area contributed by atoms with Crippen LogP contribution in [0.5, 0.6) is 0 Å². The van der Waals surface area contributed by atoms with E-state index in [-0.39, 0.29) is 23.4 Å². The van der Waals surface area contributed by atoms with E-state index in [2.05, 4.69) is 10.00 Å². The molecule has 0 amide bonds. The lowest BCUT2D eigenvalue weighted by Crippen LogP contribution is -2.46. The van der Waals surface area contributed by atoms with Crippen LogP contribution < -0.4 is 0 Å². The Balaban J connectivity index is 1.71. The Bertz CT molecular complexity index is 755. The third-order valence-corrected chi connectivity index (χ3v) is 5.70. The summed E-state index contributed by atoms with van der Waals surface area (Å²) in [4.78, 5) is 2.12. The van der Waals surface area contributed by atoms with Crippen molar-refractivity contribution in [3.63, 3.8) is 0 Å². The average molecular weight is 323 g/mol. The molecule has 7 heteroatoms. The van der Waals surface area contributed by atoms with Gasteiger partial charge in [-0.25, -0.2) is 17.5 Å². The summed E-state index contributed by atoms with van der Waals surface area (Å²) in [7, 11) is -2.90. The molecule has 1 fully saturated rings. The summed E-state index contributed by atoms with van der Waals surface area (Å²) in [6.07, 6.45) is 1.83. The van der Waals surface area contributed by atoms with Crippen LogP contribution in [0.3, 0.4) is 0 Å². The fraction of sp³-hybridized carbons (Fsp3) is 0.400. The first-order chi connectivity index (χ1) is 10.4. The highest BCUT2D eigenvalue weighted by atomic mass is 32.2. The molecule has 1 saturated heterocycles. The minimum Gasteiger partial charge on any atom is -0.293 e. The fourth-order valence-corrected chi connectivity index (χ4v) is 4.28. The number of hydrogen-bond acceptors (Lipinski definition) is 4. The standard InChI is InChI=1S/C15H18FN3O2S/c1-12-11-22(20,21)9-8-18(12)10-14-6-7-19(17-14)15-4-2-13(16)3-5-15/h2-7,12H,8-11H2,1H3/t12-/m1/s1. The van der Waals surface area contributed by atoms with Gasteiger partial charge in [0.2, 0.25) is 0 Å². The molecule has 1 aromatic carbocycles. The number of aromatic nitrogens is 2. The normalized spacial score (nSPS) is 21.8. The van der Waals surface area contributed by atoms with Crippen LogP contribution in [0.4, 0.5) is 4.39 Å². The van der Waals surface area contributed by atoms with Gasteiger partial charge in [0.1, 0.15) is 5.82 Å². The maximum Gasteiger partial charge on any atom is 0.153 e. The number of hydrogen-bond donors (Lipinski definition) is 0. The smallest absolute Gasteiger partial charge is 0.153 e. The monoisotopic (exact) mass is 323 g/mol.